The van der Waals surface area contributed by atoms with Gasteiger partial charge in [0.2, 0.25) is 17.7 Å². The van der Waals surface area contributed by atoms with Crippen molar-refractivity contribution >= 4 is 29.5 Å². The number of hydrogen-bond acceptors (Lipinski definition) is 5. The molecule has 1 spiro atoms. The van der Waals surface area contributed by atoms with Crippen LogP contribution in [0.15, 0.2) is 30.3 Å². The number of thioether (sulfide) groups is 1. The molecule has 1 aromatic rings. The lowest BCUT2D eigenvalue weighted by atomic mass is 9.65. The molecule has 2 bridgehead atoms. The first-order valence-corrected chi connectivity index (χ1v) is 15.9. The van der Waals surface area contributed by atoms with Gasteiger partial charge in [-0.15, -0.1) is 11.8 Å². The van der Waals surface area contributed by atoms with Crippen LogP contribution in [0.2, 0.25) is 0 Å². The van der Waals surface area contributed by atoms with Gasteiger partial charge in [0.05, 0.1) is 16.6 Å². The lowest BCUT2D eigenvalue weighted by Crippen LogP contribution is -2.60. The van der Waals surface area contributed by atoms with E-state index in [4.69, 9.17) is 0 Å². The van der Waals surface area contributed by atoms with Crippen LogP contribution in [0.5, 0.6) is 0 Å². The van der Waals surface area contributed by atoms with Crippen molar-refractivity contribution in [1.29, 1.82) is 0 Å². The average Bonchev–Trinajstić information content (AvgIpc) is 3.45. The van der Waals surface area contributed by atoms with Crippen molar-refractivity contribution in [3.63, 3.8) is 0 Å². The molecule has 7 nitrogen and oxygen atoms in total. The zero-order valence-corrected chi connectivity index (χ0v) is 26.0. The van der Waals surface area contributed by atoms with Crippen molar-refractivity contribution in [3.8, 4) is 0 Å². The maximum atomic E-state index is 14.2. The van der Waals surface area contributed by atoms with Crippen molar-refractivity contribution in [1.82, 2.24) is 15.5 Å². The Bertz CT molecular complexity index is 1070. The van der Waals surface area contributed by atoms with E-state index >= 15 is 0 Å². The number of amides is 3. The Morgan fingerprint density at radius 2 is 1.73 bits per heavy atom. The zero-order valence-electron chi connectivity index (χ0n) is 25.2. The molecule has 1 aromatic carbocycles. The van der Waals surface area contributed by atoms with Crippen LogP contribution in [0.4, 0.5) is 0 Å². The van der Waals surface area contributed by atoms with Crippen molar-refractivity contribution in [2.75, 3.05) is 13.2 Å². The van der Waals surface area contributed by atoms with E-state index in [-0.39, 0.29) is 40.9 Å². The molecule has 222 valence electrons. The topological polar surface area (TPSA) is 98.7 Å². The van der Waals surface area contributed by atoms with E-state index in [0.29, 0.717) is 13.1 Å². The van der Waals surface area contributed by atoms with Gasteiger partial charge in [-0.25, -0.2) is 0 Å². The Balaban J connectivity index is 1.61. The van der Waals surface area contributed by atoms with Gasteiger partial charge in [0, 0.05) is 30.5 Å². The Kier molecular flexibility index (Phi) is 9.30. The molecule has 6 atom stereocenters. The largest absolute Gasteiger partial charge is 0.396 e. The van der Waals surface area contributed by atoms with Gasteiger partial charge in [0.1, 0.15) is 6.04 Å². The highest BCUT2D eigenvalue weighted by molar-refractivity contribution is 8.02. The highest BCUT2D eigenvalue weighted by Gasteiger charge is 2.75. The van der Waals surface area contributed by atoms with Gasteiger partial charge in [-0.3, -0.25) is 14.4 Å². The fraction of sp³-hybridized carbons (Fsp3) is 0.719. The van der Waals surface area contributed by atoms with Gasteiger partial charge >= 0.3 is 0 Å². The molecule has 0 radical (unpaired) electrons. The Morgan fingerprint density at radius 3 is 2.38 bits per heavy atom. The van der Waals surface area contributed by atoms with E-state index in [2.05, 4.69) is 52.2 Å². The summed E-state index contributed by atoms with van der Waals surface area (Å²) in [4.78, 5) is 44.0. The van der Waals surface area contributed by atoms with E-state index in [1.807, 2.05) is 35.2 Å². The number of rotatable bonds is 12. The maximum Gasteiger partial charge on any atom is 0.244 e. The van der Waals surface area contributed by atoms with E-state index in [0.717, 1.165) is 44.1 Å². The van der Waals surface area contributed by atoms with Crippen LogP contribution in [-0.2, 0) is 20.9 Å². The molecular weight excluding hydrogens is 522 g/mol. The number of fused-ring (bicyclic) bond motifs is 1. The van der Waals surface area contributed by atoms with E-state index in [1.54, 1.807) is 11.8 Å². The second-order valence-corrected chi connectivity index (χ2v) is 15.6. The molecule has 3 N–H and O–H groups in total. The predicted molar refractivity (Wildman–Crippen MR) is 161 cm³/mol. The molecule has 3 aliphatic heterocycles. The summed E-state index contributed by atoms with van der Waals surface area (Å²) in [6, 6.07) is 9.23. The fourth-order valence-corrected chi connectivity index (χ4v) is 10.2. The van der Waals surface area contributed by atoms with Gasteiger partial charge in [-0.2, -0.15) is 0 Å². The molecule has 0 aliphatic carbocycles. The number of carbonyl (C=O) groups is 3. The Hall–Kier alpha value is -2.06. The summed E-state index contributed by atoms with van der Waals surface area (Å²) in [5.74, 6) is -1.00. The highest BCUT2D eigenvalue weighted by Crippen LogP contribution is 2.68. The molecule has 4 rings (SSSR count). The summed E-state index contributed by atoms with van der Waals surface area (Å²) in [7, 11) is 0. The molecule has 3 amide bonds. The molecule has 3 heterocycles. The second kappa shape index (κ2) is 12.0. The quantitative estimate of drug-likeness (QED) is 0.321. The van der Waals surface area contributed by atoms with E-state index in [1.165, 1.54) is 0 Å². The number of benzene rings is 1. The first kappa shape index (κ1) is 30.9. The molecule has 40 heavy (non-hydrogen) atoms. The second-order valence-electron chi connectivity index (χ2n) is 14.0. The molecular formula is C32H49N3O4S. The molecule has 3 aliphatic rings. The van der Waals surface area contributed by atoms with E-state index < -0.39 is 28.2 Å². The Morgan fingerprint density at radius 1 is 1.05 bits per heavy atom. The third-order valence-electron chi connectivity index (χ3n) is 8.85. The molecule has 3 fully saturated rings. The zero-order chi connectivity index (χ0) is 29.3. The lowest BCUT2D eigenvalue weighted by molar-refractivity contribution is -0.140. The van der Waals surface area contributed by atoms with Crippen LogP contribution in [0.1, 0.15) is 85.6 Å². The van der Waals surface area contributed by atoms with Crippen molar-refractivity contribution < 1.29 is 19.5 Å². The summed E-state index contributed by atoms with van der Waals surface area (Å²) in [5.41, 5.74) is 0.623. The van der Waals surface area contributed by atoms with Crippen LogP contribution >= 0.6 is 11.8 Å². The van der Waals surface area contributed by atoms with Crippen LogP contribution < -0.4 is 10.6 Å². The fourth-order valence-electron chi connectivity index (χ4n) is 7.78. The van der Waals surface area contributed by atoms with Gasteiger partial charge in [0.15, 0.2) is 0 Å². The smallest absolute Gasteiger partial charge is 0.244 e. The van der Waals surface area contributed by atoms with Crippen LogP contribution in [0.25, 0.3) is 0 Å². The maximum absolute atomic E-state index is 14.2. The van der Waals surface area contributed by atoms with Crippen LogP contribution in [-0.4, -0.2) is 62.5 Å². The number of hydrogen-bond donors (Lipinski definition) is 3. The standard InChI is InChI=1S/C32H49N3O4S/c1-21-18-23-24(27(37)33-19-22-14-10-9-11-15-22)25-29(39)35(16-12-7-8-13-17-36)26(32(21,25)40-23)28(38)34-31(5,6)20-30(2,3)4/h9-11,14-15,21,23-26,36H,7-8,12-13,16-20H2,1-6H3,(H,33,37)(H,34,38)/t21?,23-,24+,25+,26?,32?/m1/s1. The predicted octanol–water partition coefficient (Wildman–Crippen LogP) is 4.52. The summed E-state index contributed by atoms with van der Waals surface area (Å²) in [5, 5.41) is 15.7. The van der Waals surface area contributed by atoms with Crippen LogP contribution in [0.3, 0.4) is 0 Å². The summed E-state index contributed by atoms with van der Waals surface area (Å²) in [6.45, 7) is 13.9. The molecule has 3 saturated heterocycles. The first-order valence-electron chi connectivity index (χ1n) is 15.0. The number of aliphatic hydroxyl groups excluding tert-OH is 1. The number of likely N-dealkylation sites (tertiary alicyclic amines) is 1. The summed E-state index contributed by atoms with van der Waals surface area (Å²) >= 11 is 1.73. The van der Waals surface area contributed by atoms with Gasteiger partial charge < -0.3 is 20.6 Å². The van der Waals surface area contributed by atoms with Crippen molar-refractivity contribution in [2.45, 2.75) is 108 Å². The first-order chi connectivity index (χ1) is 18.8. The highest BCUT2D eigenvalue weighted by atomic mass is 32.2. The number of aliphatic hydroxyl groups is 1. The van der Waals surface area contributed by atoms with Gasteiger partial charge in [0.25, 0.3) is 0 Å². The van der Waals surface area contributed by atoms with Crippen LogP contribution in [0, 0.1) is 23.2 Å². The van der Waals surface area contributed by atoms with Gasteiger partial charge in [-0.05, 0) is 56.4 Å². The normalized spacial score (nSPS) is 29.5. The summed E-state index contributed by atoms with van der Waals surface area (Å²) < 4.78 is -0.608. The minimum atomic E-state index is -0.608. The molecule has 8 heteroatoms. The lowest BCUT2D eigenvalue weighted by Gasteiger charge is -2.41. The minimum absolute atomic E-state index is 0.0318. The Labute approximate surface area is 244 Å². The molecule has 3 unspecified atom stereocenters. The molecule has 0 saturated carbocycles. The van der Waals surface area contributed by atoms with Crippen molar-refractivity contribution in [3.05, 3.63) is 35.9 Å². The van der Waals surface area contributed by atoms with Gasteiger partial charge in [-0.1, -0.05) is 70.9 Å². The number of carbonyl (C=O) groups excluding carboxylic acids is 3. The molecule has 0 aromatic heterocycles. The number of nitrogens with zero attached hydrogens (tertiary/aromatic N) is 1. The monoisotopic (exact) mass is 571 g/mol. The summed E-state index contributed by atoms with van der Waals surface area (Å²) in [6.07, 6.45) is 4.93. The minimum Gasteiger partial charge on any atom is -0.396 e. The van der Waals surface area contributed by atoms with Crippen molar-refractivity contribution in [2.24, 2.45) is 23.2 Å². The SMILES string of the molecule is CC1C[C@H]2SC13C(C(=O)NC(C)(C)CC(C)(C)C)N(CCCCCCO)C(=O)[C@@H]3[C@H]2C(=O)NCc1ccccc1. The third kappa shape index (κ3) is 6.23. The average molecular weight is 572 g/mol. The van der Waals surface area contributed by atoms with E-state index in [9.17, 15) is 19.5 Å². The number of nitrogens with one attached hydrogen (secondary N) is 2. The third-order valence-corrected chi connectivity index (χ3v) is 10.9. The number of unbranched alkanes of at least 4 members (excludes halogenated alkanes) is 3.